The molecule has 8 heteroatoms. The van der Waals surface area contributed by atoms with Crippen LogP contribution in [0.25, 0.3) is 33.0 Å². The highest BCUT2D eigenvalue weighted by atomic mass is 35.5. The summed E-state index contributed by atoms with van der Waals surface area (Å²) in [6, 6.07) is 8.59. The molecule has 0 fully saturated rings. The predicted molar refractivity (Wildman–Crippen MR) is 113 cm³/mol. The number of nitrogens with one attached hydrogen (secondary N) is 1. The molecular formula is C20H17ClN4O2S. The lowest BCUT2D eigenvalue weighted by Gasteiger charge is -2.14. The van der Waals surface area contributed by atoms with E-state index in [1.165, 1.54) is 6.07 Å². The Morgan fingerprint density at radius 1 is 1.11 bits per heavy atom. The molecule has 142 valence electrons. The van der Waals surface area contributed by atoms with Crippen molar-refractivity contribution in [1.82, 2.24) is 19.5 Å². The van der Waals surface area contributed by atoms with Gasteiger partial charge in [0.05, 0.1) is 10.6 Å². The summed E-state index contributed by atoms with van der Waals surface area (Å²) in [5.74, 6) is 0. The molecule has 0 aliphatic carbocycles. The van der Waals surface area contributed by atoms with Crippen molar-refractivity contribution in [2.75, 3.05) is 0 Å². The number of H-pyrrole nitrogens is 1. The maximum atomic E-state index is 12.4. The van der Waals surface area contributed by atoms with Gasteiger partial charge in [0.2, 0.25) is 5.56 Å². The summed E-state index contributed by atoms with van der Waals surface area (Å²) in [4.78, 5) is 38.3. The minimum absolute atomic E-state index is 0.0536. The Kier molecular flexibility index (Phi) is 4.64. The molecule has 4 aromatic heterocycles. The summed E-state index contributed by atoms with van der Waals surface area (Å²) in [7, 11) is 0. The third-order valence-electron chi connectivity index (χ3n) is 4.36. The van der Waals surface area contributed by atoms with Gasteiger partial charge in [-0.05, 0) is 45.0 Å². The molecule has 28 heavy (non-hydrogen) atoms. The molecule has 6 nitrogen and oxygen atoms in total. The molecule has 0 aliphatic heterocycles. The van der Waals surface area contributed by atoms with Crippen molar-refractivity contribution in [3.8, 4) is 21.8 Å². The zero-order valence-electron chi connectivity index (χ0n) is 15.5. The van der Waals surface area contributed by atoms with Gasteiger partial charge >= 0.3 is 0 Å². The third-order valence-corrected chi connectivity index (χ3v) is 5.64. The summed E-state index contributed by atoms with van der Waals surface area (Å²) in [5.41, 5.74) is 2.44. The Morgan fingerprint density at radius 3 is 2.57 bits per heavy atom. The number of halogens is 1. The SMILES string of the molecule is Cc1ccc(-c2nc3[nH]c(=O)ccc3nc2-c2cc(Cl)c(=O)n(C(C)C)c2)s1. The summed E-state index contributed by atoms with van der Waals surface area (Å²) in [6.07, 6.45) is 1.75. The van der Waals surface area contributed by atoms with Gasteiger partial charge in [-0.1, -0.05) is 11.6 Å². The minimum Gasteiger partial charge on any atom is -0.311 e. The van der Waals surface area contributed by atoms with E-state index in [0.29, 0.717) is 28.1 Å². The normalized spacial score (nSPS) is 11.5. The maximum Gasteiger partial charge on any atom is 0.269 e. The molecule has 1 N–H and O–H groups in total. The maximum absolute atomic E-state index is 12.4. The van der Waals surface area contributed by atoms with Crippen LogP contribution in [0.5, 0.6) is 0 Å². The molecule has 4 rings (SSSR count). The molecule has 0 unspecified atom stereocenters. The number of aryl methyl sites for hydroxylation is 1. The second-order valence-corrected chi connectivity index (χ2v) is 8.47. The van der Waals surface area contributed by atoms with E-state index < -0.39 is 0 Å². The van der Waals surface area contributed by atoms with Gasteiger partial charge < -0.3 is 9.55 Å². The van der Waals surface area contributed by atoms with Crippen LogP contribution >= 0.6 is 22.9 Å². The van der Waals surface area contributed by atoms with Crippen LogP contribution in [0.2, 0.25) is 5.02 Å². The van der Waals surface area contributed by atoms with Crippen molar-refractivity contribution in [1.29, 1.82) is 0 Å². The number of fused-ring (bicyclic) bond motifs is 1. The van der Waals surface area contributed by atoms with Crippen LogP contribution in [0.3, 0.4) is 0 Å². The fourth-order valence-corrected chi connectivity index (χ4v) is 4.06. The van der Waals surface area contributed by atoms with E-state index in [1.54, 1.807) is 34.2 Å². The molecular weight excluding hydrogens is 396 g/mol. The zero-order valence-corrected chi connectivity index (χ0v) is 17.1. The van der Waals surface area contributed by atoms with Crippen molar-refractivity contribution >= 4 is 34.1 Å². The van der Waals surface area contributed by atoms with E-state index >= 15 is 0 Å². The lowest BCUT2D eigenvalue weighted by molar-refractivity contribution is 0.579. The number of hydrogen-bond acceptors (Lipinski definition) is 5. The average molecular weight is 413 g/mol. The van der Waals surface area contributed by atoms with Gasteiger partial charge in [-0.3, -0.25) is 9.59 Å². The van der Waals surface area contributed by atoms with Crippen LogP contribution in [-0.2, 0) is 0 Å². The molecule has 0 amide bonds. The van der Waals surface area contributed by atoms with Gasteiger partial charge in [-0.2, -0.15) is 0 Å². The van der Waals surface area contributed by atoms with Crippen LogP contribution in [0.1, 0.15) is 24.8 Å². The molecule has 0 saturated heterocycles. The van der Waals surface area contributed by atoms with Gasteiger partial charge in [0.25, 0.3) is 5.56 Å². The minimum atomic E-state index is -0.244. The number of thiophene rings is 1. The summed E-state index contributed by atoms with van der Waals surface area (Å²) in [5, 5.41) is 0.128. The Hall–Kier alpha value is -2.77. The molecule has 0 bridgehead atoms. The highest BCUT2D eigenvalue weighted by molar-refractivity contribution is 7.15. The monoisotopic (exact) mass is 412 g/mol. The molecule has 0 aliphatic rings. The number of pyridine rings is 2. The fraction of sp³-hybridized carbons (Fsp3) is 0.200. The van der Waals surface area contributed by atoms with Gasteiger partial charge in [-0.25, -0.2) is 9.97 Å². The van der Waals surface area contributed by atoms with E-state index in [4.69, 9.17) is 16.6 Å². The van der Waals surface area contributed by atoms with Crippen molar-refractivity contribution < 1.29 is 0 Å². The summed E-state index contributed by atoms with van der Waals surface area (Å²) in [6.45, 7) is 5.85. The molecule has 0 aromatic carbocycles. The summed E-state index contributed by atoms with van der Waals surface area (Å²) < 4.78 is 1.58. The Labute approximate surface area is 169 Å². The van der Waals surface area contributed by atoms with E-state index in [9.17, 15) is 9.59 Å². The Balaban J connectivity index is 2.07. The predicted octanol–water partition coefficient (Wildman–Crippen LogP) is 4.42. The fourth-order valence-electron chi connectivity index (χ4n) is 2.98. The second-order valence-electron chi connectivity index (χ2n) is 6.77. The molecule has 0 atom stereocenters. The number of aromatic nitrogens is 4. The topological polar surface area (TPSA) is 80.6 Å². The van der Waals surface area contributed by atoms with Crippen LogP contribution < -0.4 is 11.1 Å². The average Bonchev–Trinajstić information content (AvgIpc) is 3.08. The molecule has 0 spiro atoms. The van der Waals surface area contributed by atoms with Gasteiger partial charge in [0.15, 0.2) is 5.65 Å². The zero-order chi connectivity index (χ0) is 20.0. The number of hydrogen-bond donors (Lipinski definition) is 1. The van der Waals surface area contributed by atoms with E-state index in [0.717, 1.165) is 9.75 Å². The van der Waals surface area contributed by atoms with Gasteiger partial charge in [-0.15, -0.1) is 11.3 Å². The van der Waals surface area contributed by atoms with E-state index in [1.807, 2.05) is 32.9 Å². The van der Waals surface area contributed by atoms with Crippen molar-refractivity contribution in [3.63, 3.8) is 0 Å². The lowest BCUT2D eigenvalue weighted by atomic mass is 10.1. The first-order valence-corrected chi connectivity index (χ1v) is 9.93. The molecule has 4 heterocycles. The lowest BCUT2D eigenvalue weighted by Crippen LogP contribution is -2.22. The molecule has 0 saturated carbocycles. The first kappa shape index (κ1) is 18.6. The third kappa shape index (κ3) is 3.27. The highest BCUT2D eigenvalue weighted by Crippen LogP contribution is 2.34. The smallest absolute Gasteiger partial charge is 0.269 e. The van der Waals surface area contributed by atoms with Crippen molar-refractivity contribution in [2.45, 2.75) is 26.8 Å². The first-order valence-electron chi connectivity index (χ1n) is 8.73. The van der Waals surface area contributed by atoms with Gasteiger partial charge in [0, 0.05) is 28.7 Å². The highest BCUT2D eigenvalue weighted by Gasteiger charge is 2.18. The molecule has 0 radical (unpaired) electrons. The second kappa shape index (κ2) is 7.00. The van der Waals surface area contributed by atoms with Gasteiger partial charge in [0.1, 0.15) is 16.2 Å². The van der Waals surface area contributed by atoms with Crippen molar-refractivity contribution in [2.24, 2.45) is 0 Å². The number of nitrogens with zero attached hydrogens (tertiary/aromatic N) is 3. The van der Waals surface area contributed by atoms with Crippen LogP contribution in [0, 0.1) is 6.92 Å². The van der Waals surface area contributed by atoms with Crippen LogP contribution in [-0.4, -0.2) is 19.5 Å². The first-order chi connectivity index (χ1) is 13.3. The van der Waals surface area contributed by atoms with E-state index in [-0.39, 0.29) is 22.2 Å². The quantitative estimate of drug-likeness (QED) is 0.540. The molecule has 4 aromatic rings. The Bertz CT molecular complexity index is 1320. The number of rotatable bonds is 3. The largest absolute Gasteiger partial charge is 0.311 e. The standard InChI is InChI=1S/C20H17ClN4O2S/c1-10(2)25-9-12(8-13(21)20(25)27)17-18(15-6-4-11(3)28-15)24-19-14(22-17)5-7-16(26)23-19/h4-10H,1-3H3,(H,23,24,26). The number of aromatic amines is 1. The van der Waals surface area contributed by atoms with Crippen LogP contribution in [0.15, 0.2) is 46.1 Å². The van der Waals surface area contributed by atoms with Crippen LogP contribution in [0.4, 0.5) is 0 Å². The van der Waals surface area contributed by atoms with E-state index in [2.05, 4.69) is 9.97 Å². The summed E-state index contributed by atoms with van der Waals surface area (Å²) >= 11 is 7.81. The Morgan fingerprint density at radius 2 is 1.89 bits per heavy atom. The van der Waals surface area contributed by atoms with Crippen molar-refractivity contribution in [3.05, 3.63) is 67.1 Å².